The van der Waals surface area contributed by atoms with Crippen LogP contribution in [0, 0.1) is 11.8 Å². The summed E-state index contributed by atoms with van der Waals surface area (Å²) in [6.45, 7) is 8.44. The van der Waals surface area contributed by atoms with Gasteiger partial charge in [-0.3, -0.25) is 0 Å². The molecular weight excluding hydrogens is 164 g/mol. The van der Waals surface area contributed by atoms with E-state index >= 15 is 0 Å². The van der Waals surface area contributed by atoms with E-state index in [1.165, 1.54) is 6.42 Å². The van der Waals surface area contributed by atoms with Gasteiger partial charge >= 0.3 is 0 Å². The maximum Gasteiger partial charge on any atom is 0.157 e. The van der Waals surface area contributed by atoms with E-state index in [0.29, 0.717) is 5.92 Å². The Kier molecular flexibility index (Phi) is 4.74. The van der Waals surface area contributed by atoms with Crippen LogP contribution in [0.15, 0.2) is 0 Å². The Balaban J connectivity index is 2.22. The average molecular weight is 186 g/mol. The minimum Gasteiger partial charge on any atom is -0.352 e. The molecule has 1 aliphatic heterocycles. The lowest BCUT2D eigenvalue weighted by Gasteiger charge is -2.32. The lowest BCUT2D eigenvalue weighted by atomic mass is 9.93. The van der Waals surface area contributed by atoms with Crippen LogP contribution in [0.25, 0.3) is 0 Å². The third-order valence-electron chi connectivity index (χ3n) is 2.97. The molecule has 1 fully saturated rings. The van der Waals surface area contributed by atoms with Gasteiger partial charge in [-0.15, -0.1) is 0 Å². The van der Waals surface area contributed by atoms with E-state index in [9.17, 15) is 0 Å². The van der Waals surface area contributed by atoms with Crippen LogP contribution in [0.3, 0.4) is 0 Å². The van der Waals surface area contributed by atoms with Gasteiger partial charge in [-0.05, 0) is 12.3 Å². The van der Waals surface area contributed by atoms with E-state index in [0.717, 1.165) is 32.0 Å². The summed E-state index contributed by atoms with van der Waals surface area (Å²) in [6, 6.07) is 0. The smallest absolute Gasteiger partial charge is 0.157 e. The van der Waals surface area contributed by atoms with Crippen LogP contribution in [-0.4, -0.2) is 19.5 Å². The van der Waals surface area contributed by atoms with Crippen molar-refractivity contribution >= 4 is 0 Å². The molecule has 1 atom stereocenters. The largest absolute Gasteiger partial charge is 0.352 e. The zero-order valence-electron chi connectivity index (χ0n) is 9.08. The van der Waals surface area contributed by atoms with Gasteiger partial charge in [-0.2, -0.15) is 0 Å². The highest BCUT2D eigenvalue weighted by atomic mass is 16.7. The van der Waals surface area contributed by atoms with Crippen molar-refractivity contribution in [1.29, 1.82) is 0 Å². The minimum absolute atomic E-state index is 0.0744. The molecule has 13 heavy (non-hydrogen) atoms. The minimum atomic E-state index is 0.0744. The van der Waals surface area contributed by atoms with E-state index in [-0.39, 0.29) is 6.29 Å². The molecule has 1 heterocycles. The maximum absolute atomic E-state index is 5.63. The standard InChI is InChI=1S/C11H22O2/c1-4-6-11-12-7-10(8-13-11)9(3)5-2/h9-11H,4-8H2,1-3H3. The van der Waals surface area contributed by atoms with Crippen LogP contribution in [0.5, 0.6) is 0 Å². The summed E-state index contributed by atoms with van der Waals surface area (Å²) in [6.07, 6.45) is 3.46. The van der Waals surface area contributed by atoms with Gasteiger partial charge in [0.1, 0.15) is 0 Å². The molecule has 0 aliphatic carbocycles. The van der Waals surface area contributed by atoms with Crippen LogP contribution in [0.1, 0.15) is 40.0 Å². The highest BCUT2D eigenvalue weighted by Gasteiger charge is 2.24. The molecule has 1 aliphatic rings. The van der Waals surface area contributed by atoms with Crippen molar-refractivity contribution in [2.75, 3.05) is 13.2 Å². The molecule has 1 saturated heterocycles. The molecule has 2 nitrogen and oxygen atoms in total. The predicted molar refractivity (Wildman–Crippen MR) is 53.5 cm³/mol. The van der Waals surface area contributed by atoms with Crippen molar-refractivity contribution in [3.05, 3.63) is 0 Å². The van der Waals surface area contributed by atoms with Crippen molar-refractivity contribution in [1.82, 2.24) is 0 Å². The van der Waals surface area contributed by atoms with Gasteiger partial charge in [-0.1, -0.05) is 33.6 Å². The molecule has 1 rings (SSSR count). The van der Waals surface area contributed by atoms with Crippen molar-refractivity contribution in [2.45, 2.75) is 46.3 Å². The molecule has 0 aromatic carbocycles. The van der Waals surface area contributed by atoms with Gasteiger partial charge < -0.3 is 9.47 Å². The van der Waals surface area contributed by atoms with Gasteiger partial charge in [-0.25, -0.2) is 0 Å². The number of hydrogen-bond acceptors (Lipinski definition) is 2. The first-order valence-electron chi connectivity index (χ1n) is 5.51. The van der Waals surface area contributed by atoms with Crippen LogP contribution >= 0.6 is 0 Å². The van der Waals surface area contributed by atoms with Gasteiger partial charge in [0, 0.05) is 5.92 Å². The first-order valence-corrected chi connectivity index (χ1v) is 5.51. The van der Waals surface area contributed by atoms with Crippen LogP contribution in [-0.2, 0) is 9.47 Å². The third-order valence-corrected chi connectivity index (χ3v) is 2.97. The summed E-state index contributed by atoms with van der Waals surface area (Å²) >= 11 is 0. The highest BCUT2D eigenvalue weighted by Crippen LogP contribution is 2.22. The van der Waals surface area contributed by atoms with Crippen molar-refractivity contribution in [3.63, 3.8) is 0 Å². The third kappa shape index (κ3) is 3.28. The quantitative estimate of drug-likeness (QED) is 0.672. The molecule has 78 valence electrons. The molecule has 0 aromatic rings. The van der Waals surface area contributed by atoms with Gasteiger partial charge in [0.15, 0.2) is 6.29 Å². The first-order chi connectivity index (χ1) is 6.27. The molecule has 0 amide bonds. The molecule has 1 unspecified atom stereocenters. The maximum atomic E-state index is 5.63. The normalized spacial score (nSPS) is 31.6. The van der Waals surface area contributed by atoms with Crippen molar-refractivity contribution in [2.24, 2.45) is 11.8 Å². The molecular formula is C11H22O2. The number of hydrogen-bond donors (Lipinski definition) is 0. The zero-order chi connectivity index (χ0) is 9.68. The first kappa shape index (κ1) is 11.0. The van der Waals surface area contributed by atoms with E-state index in [1.807, 2.05) is 0 Å². The summed E-state index contributed by atoms with van der Waals surface area (Å²) in [5.74, 6) is 1.33. The Morgan fingerprint density at radius 1 is 1.23 bits per heavy atom. The fourth-order valence-electron chi connectivity index (χ4n) is 1.62. The average Bonchev–Trinajstić information content (AvgIpc) is 2.18. The molecule has 0 N–H and O–H groups in total. The second-order valence-electron chi connectivity index (χ2n) is 4.03. The van der Waals surface area contributed by atoms with Crippen LogP contribution < -0.4 is 0 Å². The number of rotatable bonds is 4. The molecule has 0 saturated carbocycles. The Morgan fingerprint density at radius 3 is 2.31 bits per heavy atom. The Morgan fingerprint density at radius 2 is 1.85 bits per heavy atom. The van der Waals surface area contributed by atoms with Crippen molar-refractivity contribution in [3.8, 4) is 0 Å². The predicted octanol–water partition coefficient (Wildman–Crippen LogP) is 2.82. The van der Waals surface area contributed by atoms with E-state index in [1.54, 1.807) is 0 Å². The van der Waals surface area contributed by atoms with Crippen LogP contribution in [0.4, 0.5) is 0 Å². The monoisotopic (exact) mass is 186 g/mol. The lowest BCUT2D eigenvalue weighted by Crippen LogP contribution is -2.35. The lowest BCUT2D eigenvalue weighted by molar-refractivity contribution is -0.209. The molecule has 0 bridgehead atoms. The SMILES string of the molecule is CCCC1OCC(C(C)CC)CO1. The van der Waals surface area contributed by atoms with E-state index < -0.39 is 0 Å². The summed E-state index contributed by atoms with van der Waals surface area (Å²) in [5, 5.41) is 0. The second kappa shape index (κ2) is 5.61. The Labute approximate surface area is 81.6 Å². The summed E-state index contributed by atoms with van der Waals surface area (Å²) in [7, 11) is 0. The fraction of sp³-hybridized carbons (Fsp3) is 1.00. The highest BCUT2D eigenvalue weighted by molar-refractivity contribution is 4.68. The zero-order valence-corrected chi connectivity index (χ0v) is 9.08. The van der Waals surface area contributed by atoms with Gasteiger partial charge in [0.05, 0.1) is 13.2 Å². The van der Waals surface area contributed by atoms with Gasteiger partial charge in [0.2, 0.25) is 0 Å². The van der Waals surface area contributed by atoms with Crippen molar-refractivity contribution < 1.29 is 9.47 Å². The van der Waals surface area contributed by atoms with E-state index in [4.69, 9.17) is 9.47 Å². The summed E-state index contributed by atoms with van der Waals surface area (Å²) in [5.41, 5.74) is 0. The van der Waals surface area contributed by atoms with Crippen LogP contribution in [0.2, 0.25) is 0 Å². The molecule has 2 heteroatoms. The Hall–Kier alpha value is -0.0800. The summed E-state index contributed by atoms with van der Waals surface area (Å²) < 4.78 is 11.3. The second-order valence-corrected chi connectivity index (χ2v) is 4.03. The topological polar surface area (TPSA) is 18.5 Å². The molecule has 0 aromatic heterocycles. The van der Waals surface area contributed by atoms with Gasteiger partial charge in [0.25, 0.3) is 0 Å². The molecule has 0 radical (unpaired) electrons. The Bertz CT molecular complexity index is 128. The number of ether oxygens (including phenoxy) is 2. The van der Waals surface area contributed by atoms with E-state index in [2.05, 4.69) is 20.8 Å². The fourth-order valence-corrected chi connectivity index (χ4v) is 1.62. The summed E-state index contributed by atoms with van der Waals surface area (Å²) in [4.78, 5) is 0. The molecule has 0 spiro atoms.